The Bertz CT molecular complexity index is 1300. The van der Waals surface area contributed by atoms with Crippen molar-refractivity contribution in [1.82, 2.24) is 19.8 Å². The first-order chi connectivity index (χ1) is 15.3. The van der Waals surface area contributed by atoms with Crippen LogP contribution in [0.4, 0.5) is 4.39 Å². The van der Waals surface area contributed by atoms with Crippen molar-refractivity contribution in [2.24, 2.45) is 7.05 Å². The lowest BCUT2D eigenvalue weighted by Gasteiger charge is -2.29. The number of amides is 3. The summed E-state index contributed by atoms with van der Waals surface area (Å²) in [6, 6.07) is 9.82. The van der Waals surface area contributed by atoms with Crippen molar-refractivity contribution in [1.29, 1.82) is 0 Å². The van der Waals surface area contributed by atoms with Crippen LogP contribution in [0.1, 0.15) is 34.3 Å². The van der Waals surface area contributed by atoms with Gasteiger partial charge in [-0.25, -0.2) is 9.37 Å². The number of piperidine rings is 1. The molecule has 8 heteroatoms. The van der Waals surface area contributed by atoms with Gasteiger partial charge in [-0.2, -0.15) is 0 Å². The van der Waals surface area contributed by atoms with E-state index in [1.54, 1.807) is 16.7 Å². The first kappa shape index (κ1) is 20.1. The van der Waals surface area contributed by atoms with Crippen molar-refractivity contribution < 1.29 is 18.8 Å². The molecule has 2 aliphatic heterocycles. The highest BCUT2D eigenvalue weighted by atomic mass is 19.1. The highest BCUT2D eigenvalue weighted by molar-refractivity contribution is 6.05. The maximum Gasteiger partial charge on any atom is 0.255 e. The summed E-state index contributed by atoms with van der Waals surface area (Å²) in [5, 5.41) is 2.31. The molecule has 2 aromatic carbocycles. The smallest absolute Gasteiger partial charge is 0.255 e. The molecule has 1 atom stereocenters. The summed E-state index contributed by atoms with van der Waals surface area (Å²) < 4.78 is 16.3. The van der Waals surface area contributed by atoms with Crippen LogP contribution in [0.25, 0.3) is 22.6 Å². The molecule has 7 nitrogen and oxygen atoms in total. The maximum atomic E-state index is 14.5. The third-order valence-corrected chi connectivity index (χ3v) is 6.06. The molecule has 1 N–H and O–H groups in total. The average Bonchev–Trinajstić information content (AvgIpc) is 3.28. The predicted molar refractivity (Wildman–Crippen MR) is 115 cm³/mol. The second-order valence-corrected chi connectivity index (χ2v) is 8.32. The van der Waals surface area contributed by atoms with Crippen LogP contribution in [0, 0.1) is 12.7 Å². The van der Waals surface area contributed by atoms with Gasteiger partial charge >= 0.3 is 0 Å². The van der Waals surface area contributed by atoms with Gasteiger partial charge in [-0.15, -0.1) is 0 Å². The molecule has 0 saturated carbocycles. The van der Waals surface area contributed by atoms with Gasteiger partial charge in [0.2, 0.25) is 11.8 Å². The van der Waals surface area contributed by atoms with Gasteiger partial charge < -0.3 is 9.47 Å². The summed E-state index contributed by atoms with van der Waals surface area (Å²) in [6.45, 7) is 2.13. The molecule has 3 aromatic rings. The van der Waals surface area contributed by atoms with Crippen molar-refractivity contribution >= 4 is 17.7 Å². The van der Waals surface area contributed by atoms with E-state index in [0.29, 0.717) is 35.6 Å². The van der Waals surface area contributed by atoms with E-state index in [2.05, 4.69) is 10.3 Å². The Kier molecular flexibility index (Phi) is 4.65. The number of hydrogen-bond donors (Lipinski definition) is 1. The molecule has 5 rings (SSSR count). The number of nitrogens with one attached hydrogen (secondary N) is 1. The molecule has 0 bridgehead atoms. The number of hydrogen-bond acceptors (Lipinski definition) is 4. The second kappa shape index (κ2) is 7.40. The van der Waals surface area contributed by atoms with Gasteiger partial charge in [0.05, 0.1) is 11.3 Å². The van der Waals surface area contributed by atoms with Crippen molar-refractivity contribution in [3.63, 3.8) is 0 Å². The zero-order chi connectivity index (χ0) is 22.6. The van der Waals surface area contributed by atoms with Crippen LogP contribution < -0.4 is 5.32 Å². The van der Waals surface area contributed by atoms with E-state index < -0.39 is 11.9 Å². The normalized spacial score (nSPS) is 18.2. The minimum atomic E-state index is -0.651. The number of rotatable bonds is 3. The van der Waals surface area contributed by atoms with Gasteiger partial charge in [0.25, 0.3) is 5.91 Å². The SMILES string of the molecule is Cc1ccc(-c2nc(-c3ccc4c(c3)CN(C3CCC(=O)NC3=O)C4=O)cn2C)c(F)c1. The molecular weight excluding hydrogens is 411 g/mol. The zero-order valence-corrected chi connectivity index (χ0v) is 17.7. The molecule has 3 amide bonds. The molecule has 1 unspecified atom stereocenters. The lowest BCUT2D eigenvalue weighted by atomic mass is 10.0. The molecule has 3 heterocycles. The lowest BCUT2D eigenvalue weighted by molar-refractivity contribution is -0.136. The molecule has 0 radical (unpaired) electrons. The van der Waals surface area contributed by atoms with E-state index in [0.717, 1.165) is 16.7 Å². The van der Waals surface area contributed by atoms with Gasteiger partial charge in [-0.3, -0.25) is 19.7 Å². The molecule has 1 saturated heterocycles. The first-order valence-electron chi connectivity index (χ1n) is 10.4. The quantitative estimate of drug-likeness (QED) is 0.645. The van der Waals surface area contributed by atoms with Crippen molar-refractivity contribution in [3.8, 4) is 22.6 Å². The standard InChI is InChI=1S/C24H21FN4O3/c1-13-3-5-17(18(25)9-13)22-26-19(12-28(22)2)14-4-6-16-15(10-14)11-29(24(16)32)20-7-8-21(30)27-23(20)31/h3-6,9-10,12,20H,7-8,11H2,1-2H3,(H,27,30,31). The zero-order valence-electron chi connectivity index (χ0n) is 17.7. The molecular formula is C24H21FN4O3. The summed E-state index contributed by atoms with van der Waals surface area (Å²) in [6.07, 6.45) is 2.36. The third-order valence-electron chi connectivity index (χ3n) is 6.06. The Hall–Kier alpha value is -3.81. The van der Waals surface area contributed by atoms with Crippen molar-refractivity contribution in [3.05, 3.63) is 65.1 Å². The van der Waals surface area contributed by atoms with Crippen LogP contribution in [-0.2, 0) is 23.2 Å². The van der Waals surface area contributed by atoms with Gasteiger partial charge in [0.15, 0.2) is 0 Å². The molecule has 1 aromatic heterocycles. The first-order valence-corrected chi connectivity index (χ1v) is 10.4. The largest absolute Gasteiger partial charge is 0.333 e. The number of carbonyl (C=O) groups excluding carboxylic acids is 3. The van der Waals surface area contributed by atoms with Crippen LogP contribution >= 0.6 is 0 Å². The second-order valence-electron chi connectivity index (χ2n) is 8.32. The van der Waals surface area contributed by atoms with Crippen molar-refractivity contribution in [2.75, 3.05) is 0 Å². The number of halogens is 1. The monoisotopic (exact) mass is 432 g/mol. The van der Waals surface area contributed by atoms with Gasteiger partial charge in [-0.05, 0) is 48.7 Å². The Balaban J connectivity index is 1.45. The number of benzene rings is 2. The van der Waals surface area contributed by atoms with Crippen molar-refractivity contribution in [2.45, 2.75) is 32.4 Å². The number of aryl methyl sites for hydroxylation is 2. The number of nitrogens with zero attached hydrogens (tertiary/aromatic N) is 3. The highest BCUT2D eigenvalue weighted by Crippen LogP contribution is 2.32. The number of fused-ring (bicyclic) bond motifs is 1. The molecule has 2 aliphatic rings. The summed E-state index contributed by atoms with van der Waals surface area (Å²) >= 11 is 0. The van der Waals surface area contributed by atoms with Crippen LogP contribution in [0.15, 0.2) is 42.6 Å². The fourth-order valence-electron chi connectivity index (χ4n) is 4.39. The van der Waals surface area contributed by atoms with E-state index in [4.69, 9.17) is 0 Å². The van der Waals surface area contributed by atoms with Crippen LogP contribution in [0.5, 0.6) is 0 Å². The topological polar surface area (TPSA) is 84.3 Å². The molecule has 32 heavy (non-hydrogen) atoms. The minimum absolute atomic E-state index is 0.216. The summed E-state index contributed by atoms with van der Waals surface area (Å²) in [5.41, 5.74) is 4.06. The van der Waals surface area contributed by atoms with E-state index in [9.17, 15) is 18.8 Å². The molecule has 1 fully saturated rings. The van der Waals surface area contributed by atoms with Crippen LogP contribution in [0.3, 0.4) is 0 Å². The van der Waals surface area contributed by atoms with Crippen LogP contribution in [0.2, 0.25) is 0 Å². The average molecular weight is 432 g/mol. The molecule has 0 spiro atoms. The van der Waals surface area contributed by atoms with Gasteiger partial charge in [0, 0.05) is 37.3 Å². The molecule has 162 valence electrons. The minimum Gasteiger partial charge on any atom is -0.333 e. The third kappa shape index (κ3) is 3.28. The fraction of sp³-hybridized carbons (Fsp3) is 0.250. The fourth-order valence-corrected chi connectivity index (χ4v) is 4.39. The van der Waals surface area contributed by atoms with E-state index in [1.165, 1.54) is 11.0 Å². The maximum absolute atomic E-state index is 14.5. The lowest BCUT2D eigenvalue weighted by Crippen LogP contribution is -2.52. The summed E-state index contributed by atoms with van der Waals surface area (Å²) in [7, 11) is 1.81. The number of carbonyl (C=O) groups is 3. The molecule has 0 aliphatic carbocycles. The predicted octanol–water partition coefficient (Wildman–Crippen LogP) is 2.96. The van der Waals surface area contributed by atoms with E-state index in [1.807, 2.05) is 38.4 Å². The van der Waals surface area contributed by atoms with E-state index >= 15 is 0 Å². The van der Waals surface area contributed by atoms with Gasteiger partial charge in [-0.1, -0.05) is 12.1 Å². The Morgan fingerprint density at radius 2 is 1.88 bits per heavy atom. The Morgan fingerprint density at radius 3 is 2.62 bits per heavy atom. The summed E-state index contributed by atoms with van der Waals surface area (Å²) in [5.74, 6) is -0.779. The van der Waals surface area contributed by atoms with Crippen LogP contribution in [-0.4, -0.2) is 38.2 Å². The number of imide groups is 1. The van der Waals surface area contributed by atoms with Gasteiger partial charge in [0.1, 0.15) is 17.7 Å². The Morgan fingerprint density at radius 1 is 1.09 bits per heavy atom. The highest BCUT2D eigenvalue weighted by Gasteiger charge is 2.39. The Labute approximate surface area is 183 Å². The summed E-state index contributed by atoms with van der Waals surface area (Å²) in [4.78, 5) is 42.7. The number of aromatic nitrogens is 2. The number of imidazole rings is 1. The van der Waals surface area contributed by atoms with E-state index in [-0.39, 0.29) is 24.1 Å².